The number of carboxylic acids is 1. The van der Waals surface area contributed by atoms with E-state index in [0.717, 1.165) is 25.5 Å². The fraction of sp³-hybridized carbons (Fsp3) is 0.538. The van der Waals surface area contributed by atoms with E-state index in [1.165, 1.54) is 6.07 Å². The van der Waals surface area contributed by atoms with Gasteiger partial charge in [-0.25, -0.2) is 4.79 Å². The molecule has 0 aliphatic carbocycles. The van der Waals surface area contributed by atoms with Crippen LogP contribution in [0.5, 0.6) is 0 Å². The molecule has 2 N–H and O–H groups in total. The number of carbonyl (C=O) groups is 2. The fourth-order valence-corrected chi connectivity index (χ4v) is 1.67. The minimum Gasteiger partial charge on any atom is -0.478 e. The number of carbonyl (C=O) groups excluding carboxylic acids is 1. The summed E-state index contributed by atoms with van der Waals surface area (Å²) in [5.74, 6) is -1.55. The van der Waals surface area contributed by atoms with Crippen LogP contribution in [0.25, 0.3) is 0 Å². The number of furan rings is 1. The molecule has 0 bridgehead atoms. The summed E-state index contributed by atoms with van der Waals surface area (Å²) in [6, 6.07) is 1.11. The Labute approximate surface area is 111 Å². The summed E-state index contributed by atoms with van der Waals surface area (Å²) in [6.45, 7) is 2.48. The van der Waals surface area contributed by atoms with Crippen molar-refractivity contribution in [2.75, 3.05) is 13.7 Å². The lowest BCUT2D eigenvalue weighted by Crippen LogP contribution is -2.37. The van der Waals surface area contributed by atoms with Crippen LogP contribution in [0, 0.1) is 0 Å². The summed E-state index contributed by atoms with van der Waals surface area (Å²) >= 11 is 0. The molecule has 106 valence electrons. The third kappa shape index (κ3) is 4.75. The van der Waals surface area contributed by atoms with Crippen LogP contribution in [0.3, 0.4) is 0 Å². The van der Waals surface area contributed by atoms with Crippen LogP contribution in [-0.4, -0.2) is 36.7 Å². The zero-order valence-electron chi connectivity index (χ0n) is 11.1. The number of methoxy groups -OCH3 is 1. The lowest BCUT2D eigenvalue weighted by molar-refractivity contribution is 0.0695. The van der Waals surface area contributed by atoms with Gasteiger partial charge >= 0.3 is 5.97 Å². The summed E-state index contributed by atoms with van der Waals surface area (Å²) in [5, 5.41) is 11.5. The highest BCUT2D eigenvalue weighted by atomic mass is 16.5. The Balaban J connectivity index is 2.61. The molecule has 1 atom stereocenters. The lowest BCUT2D eigenvalue weighted by Gasteiger charge is -2.16. The van der Waals surface area contributed by atoms with Crippen LogP contribution in [-0.2, 0) is 4.74 Å². The van der Waals surface area contributed by atoms with Gasteiger partial charge in [0.15, 0.2) is 5.76 Å². The molecule has 0 radical (unpaired) electrons. The van der Waals surface area contributed by atoms with Gasteiger partial charge in [0.2, 0.25) is 0 Å². The van der Waals surface area contributed by atoms with Gasteiger partial charge in [0.25, 0.3) is 5.91 Å². The number of aromatic carboxylic acids is 1. The van der Waals surface area contributed by atoms with Gasteiger partial charge in [0.05, 0.1) is 18.2 Å². The molecule has 6 nitrogen and oxygen atoms in total. The number of hydrogen-bond donors (Lipinski definition) is 2. The van der Waals surface area contributed by atoms with E-state index in [1.54, 1.807) is 7.11 Å². The second-order valence-electron chi connectivity index (χ2n) is 4.27. The first-order chi connectivity index (χ1) is 9.08. The summed E-state index contributed by atoms with van der Waals surface area (Å²) in [4.78, 5) is 22.6. The van der Waals surface area contributed by atoms with E-state index in [0.29, 0.717) is 6.61 Å². The van der Waals surface area contributed by atoms with Gasteiger partial charge in [-0.1, -0.05) is 19.8 Å². The average molecular weight is 269 g/mol. The number of nitrogens with one attached hydrogen (secondary N) is 1. The van der Waals surface area contributed by atoms with Gasteiger partial charge in [-0.2, -0.15) is 0 Å². The van der Waals surface area contributed by atoms with Gasteiger partial charge in [0, 0.05) is 13.2 Å². The summed E-state index contributed by atoms with van der Waals surface area (Å²) in [6.07, 6.45) is 3.87. The Kier molecular flexibility index (Phi) is 6.08. The van der Waals surface area contributed by atoms with Crippen LogP contribution in [0.4, 0.5) is 0 Å². The number of rotatable bonds is 8. The van der Waals surface area contributed by atoms with Crippen molar-refractivity contribution in [3.8, 4) is 0 Å². The first-order valence-electron chi connectivity index (χ1n) is 6.20. The predicted octanol–water partition coefficient (Wildman–Crippen LogP) is 1.91. The molecule has 1 aromatic heterocycles. The van der Waals surface area contributed by atoms with Crippen LogP contribution >= 0.6 is 0 Å². The van der Waals surface area contributed by atoms with Gasteiger partial charge in [-0.15, -0.1) is 0 Å². The first-order valence-corrected chi connectivity index (χ1v) is 6.20. The van der Waals surface area contributed by atoms with E-state index in [9.17, 15) is 9.59 Å². The molecule has 6 heteroatoms. The fourth-order valence-electron chi connectivity index (χ4n) is 1.67. The van der Waals surface area contributed by atoms with Crippen molar-refractivity contribution in [3.05, 3.63) is 23.7 Å². The van der Waals surface area contributed by atoms with E-state index in [2.05, 4.69) is 12.2 Å². The number of hydrogen-bond acceptors (Lipinski definition) is 4. The highest BCUT2D eigenvalue weighted by molar-refractivity contribution is 5.95. The molecule has 0 spiro atoms. The smallest absolute Gasteiger partial charge is 0.338 e. The van der Waals surface area contributed by atoms with Crippen molar-refractivity contribution >= 4 is 11.9 Å². The number of amides is 1. The van der Waals surface area contributed by atoms with Crippen LogP contribution in [0.15, 0.2) is 16.7 Å². The predicted molar refractivity (Wildman–Crippen MR) is 68.3 cm³/mol. The van der Waals surface area contributed by atoms with Gasteiger partial charge < -0.3 is 19.6 Å². The molecule has 0 aliphatic heterocycles. The van der Waals surface area contributed by atoms with Gasteiger partial charge in [0.1, 0.15) is 6.26 Å². The van der Waals surface area contributed by atoms with Crippen LogP contribution in [0.2, 0.25) is 0 Å². The summed E-state index contributed by atoms with van der Waals surface area (Å²) in [7, 11) is 1.57. The van der Waals surface area contributed by atoms with E-state index in [1.807, 2.05) is 0 Å². The minimum atomic E-state index is -1.12. The Morgan fingerprint density at radius 1 is 1.53 bits per heavy atom. The average Bonchev–Trinajstić information content (AvgIpc) is 2.86. The third-order valence-corrected chi connectivity index (χ3v) is 2.68. The van der Waals surface area contributed by atoms with Crippen molar-refractivity contribution in [2.45, 2.75) is 32.2 Å². The monoisotopic (exact) mass is 269 g/mol. The molecular weight excluding hydrogens is 250 g/mol. The highest BCUT2D eigenvalue weighted by Crippen LogP contribution is 2.09. The van der Waals surface area contributed by atoms with Crippen molar-refractivity contribution < 1.29 is 23.8 Å². The Bertz CT molecular complexity index is 426. The summed E-state index contributed by atoms with van der Waals surface area (Å²) in [5.41, 5.74) is -0.0398. The molecule has 0 fully saturated rings. The van der Waals surface area contributed by atoms with Crippen molar-refractivity contribution in [2.24, 2.45) is 0 Å². The Morgan fingerprint density at radius 3 is 2.79 bits per heavy atom. The highest BCUT2D eigenvalue weighted by Gasteiger charge is 2.18. The molecule has 0 saturated heterocycles. The number of unbranched alkanes of at least 4 members (excludes halogenated alkanes) is 1. The van der Waals surface area contributed by atoms with Crippen LogP contribution in [0.1, 0.15) is 47.1 Å². The normalized spacial score (nSPS) is 12.1. The molecule has 1 aromatic rings. The molecular formula is C13H19NO5. The van der Waals surface area contributed by atoms with E-state index in [4.69, 9.17) is 14.3 Å². The van der Waals surface area contributed by atoms with E-state index >= 15 is 0 Å². The zero-order valence-corrected chi connectivity index (χ0v) is 11.1. The standard InChI is InChI=1S/C13H19NO5/c1-3-4-5-10(8-18-2)14-12(15)11-6-9(7-19-11)13(16)17/h6-7,10H,3-5,8H2,1-2H3,(H,14,15)(H,16,17). The molecule has 1 heterocycles. The molecule has 19 heavy (non-hydrogen) atoms. The largest absolute Gasteiger partial charge is 0.478 e. The zero-order chi connectivity index (χ0) is 14.3. The maximum absolute atomic E-state index is 11.9. The molecule has 0 aliphatic rings. The van der Waals surface area contributed by atoms with Crippen molar-refractivity contribution in [1.29, 1.82) is 0 Å². The van der Waals surface area contributed by atoms with E-state index in [-0.39, 0.29) is 17.4 Å². The second-order valence-corrected chi connectivity index (χ2v) is 4.27. The SMILES string of the molecule is CCCCC(COC)NC(=O)c1cc(C(=O)O)co1. The molecule has 1 amide bonds. The van der Waals surface area contributed by atoms with Crippen LogP contribution < -0.4 is 5.32 Å². The molecule has 0 saturated carbocycles. The second kappa shape index (κ2) is 7.58. The lowest BCUT2D eigenvalue weighted by atomic mass is 10.1. The minimum absolute atomic E-state index is 0.00463. The quantitative estimate of drug-likeness (QED) is 0.752. The Morgan fingerprint density at radius 2 is 2.26 bits per heavy atom. The topological polar surface area (TPSA) is 88.8 Å². The number of carboxylic acid groups (broad SMARTS) is 1. The maximum atomic E-state index is 11.9. The van der Waals surface area contributed by atoms with E-state index < -0.39 is 11.9 Å². The number of ether oxygens (including phenoxy) is 1. The van der Waals surface area contributed by atoms with Crippen molar-refractivity contribution in [3.63, 3.8) is 0 Å². The molecule has 1 rings (SSSR count). The first kappa shape index (κ1) is 15.2. The third-order valence-electron chi connectivity index (χ3n) is 2.68. The summed E-state index contributed by atoms with van der Waals surface area (Å²) < 4.78 is 9.98. The maximum Gasteiger partial charge on any atom is 0.338 e. The van der Waals surface area contributed by atoms with Gasteiger partial charge in [-0.3, -0.25) is 4.79 Å². The molecule has 1 unspecified atom stereocenters. The van der Waals surface area contributed by atoms with Crippen molar-refractivity contribution in [1.82, 2.24) is 5.32 Å². The van der Waals surface area contributed by atoms with Gasteiger partial charge in [-0.05, 0) is 6.42 Å². The molecule has 0 aromatic carbocycles. The Hall–Kier alpha value is -1.82.